The fourth-order valence-corrected chi connectivity index (χ4v) is 1.52. The SMILES string of the molecule is O=C1NCC12CCCN2. The molecule has 2 rings (SSSR count). The molecule has 2 saturated heterocycles. The number of rotatable bonds is 0. The van der Waals surface area contributed by atoms with Gasteiger partial charge >= 0.3 is 0 Å². The van der Waals surface area contributed by atoms with Gasteiger partial charge in [0.05, 0.1) is 0 Å². The minimum atomic E-state index is -0.125. The molecule has 2 N–H and O–H groups in total. The van der Waals surface area contributed by atoms with Gasteiger partial charge in [0, 0.05) is 6.54 Å². The molecule has 1 spiro atoms. The second kappa shape index (κ2) is 1.48. The van der Waals surface area contributed by atoms with Gasteiger partial charge < -0.3 is 10.6 Å². The van der Waals surface area contributed by atoms with Gasteiger partial charge in [0.25, 0.3) is 0 Å². The first-order chi connectivity index (χ1) is 4.33. The molecule has 0 aromatic rings. The smallest absolute Gasteiger partial charge is 0.242 e. The maximum Gasteiger partial charge on any atom is 0.242 e. The molecule has 0 aromatic heterocycles. The average Bonchev–Trinajstić information content (AvgIpc) is 2.34. The molecular formula is C6H10N2O. The number of β-lactam (4-membered cyclic amide) rings is 1. The van der Waals surface area contributed by atoms with Crippen LogP contribution in [0.5, 0.6) is 0 Å². The third kappa shape index (κ3) is 0.525. The van der Waals surface area contributed by atoms with Crippen molar-refractivity contribution in [3.8, 4) is 0 Å². The minimum absolute atomic E-state index is 0.125. The van der Waals surface area contributed by atoms with Crippen molar-refractivity contribution in [1.29, 1.82) is 0 Å². The Morgan fingerprint density at radius 3 is 2.67 bits per heavy atom. The lowest BCUT2D eigenvalue weighted by atomic mass is 9.90. The van der Waals surface area contributed by atoms with Gasteiger partial charge in [0.2, 0.25) is 5.91 Å². The van der Waals surface area contributed by atoms with Crippen LogP contribution < -0.4 is 10.6 Å². The monoisotopic (exact) mass is 126 g/mol. The van der Waals surface area contributed by atoms with Crippen molar-refractivity contribution in [2.75, 3.05) is 13.1 Å². The topological polar surface area (TPSA) is 41.1 Å². The third-order valence-corrected chi connectivity index (χ3v) is 2.23. The van der Waals surface area contributed by atoms with Gasteiger partial charge in [-0.1, -0.05) is 0 Å². The van der Waals surface area contributed by atoms with Crippen molar-refractivity contribution < 1.29 is 4.79 Å². The second-order valence-corrected chi connectivity index (χ2v) is 2.80. The van der Waals surface area contributed by atoms with Crippen LogP contribution in [0.3, 0.4) is 0 Å². The molecule has 0 aliphatic carbocycles. The summed E-state index contributed by atoms with van der Waals surface area (Å²) in [4.78, 5) is 10.9. The minimum Gasteiger partial charge on any atom is -0.352 e. The molecule has 0 radical (unpaired) electrons. The van der Waals surface area contributed by atoms with E-state index in [1.54, 1.807) is 0 Å². The number of hydrogen-bond donors (Lipinski definition) is 2. The first-order valence-electron chi connectivity index (χ1n) is 3.37. The summed E-state index contributed by atoms with van der Waals surface area (Å²) < 4.78 is 0. The number of nitrogens with one attached hydrogen (secondary N) is 2. The highest BCUT2D eigenvalue weighted by Gasteiger charge is 2.47. The Hall–Kier alpha value is -0.570. The van der Waals surface area contributed by atoms with E-state index in [2.05, 4.69) is 10.6 Å². The van der Waals surface area contributed by atoms with Crippen molar-refractivity contribution in [3.63, 3.8) is 0 Å². The number of hydrogen-bond acceptors (Lipinski definition) is 2. The normalized spacial score (nSPS) is 40.7. The van der Waals surface area contributed by atoms with Crippen LogP contribution in [0.4, 0.5) is 0 Å². The largest absolute Gasteiger partial charge is 0.352 e. The molecule has 2 heterocycles. The van der Waals surface area contributed by atoms with Gasteiger partial charge in [-0.3, -0.25) is 4.79 Å². The first kappa shape index (κ1) is 5.23. The zero-order valence-electron chi connectivity index (χ0n) is 5.24. The van der Waals surface area contributed by atoms with Crippen LogP contribution in [-0.2, 0) is 4.79 Å². The molecular weight excluding hydrogens is 116 g/mol. The Morgan fingerprint density at radius 1 is 1.56 bits per heavy atom. The van der Waals surface area contributed by atoms with E-state index >= 15 is 0 Å². The summed E-state index contributed by atoms with van der Waals surface area (Å²) in [5.74, 6) is 0.194. The van der Waals surface area contributed by atoms with E-state index in [1.807, 2.05) is 0 Å². The zero-order valence-corrected chi connectivity index (χ0v) is 5.24. The summed E-state index contributed by atoms with van der Waals surface area (Å²) in [6, 6.07) is 0. The highest BCUT2D eigenvalue weighted by Crippen LogP contribution is 2.23. The molecule has 1 unspecified atom stereocenters. The third-order valence-electron chi connectivity index (χ3n) is 2.23. The maximum atomic E-state index is 10.9. The first-order valence-corrected chi connectivity index (χ1v) is 3.37. The Morgan fingerprint density at radius 2 is 2.44 bits per heavy atom. The van der Waals surface area contributed by atoms with Crippen molar-refractivity contribution >= 4 is 5.91 Å². The Kier molecular flexibility index (Phi) is 0.858. The molecule has 2 aliphatic rings. The maximum absolute atomic E-state index is 10.9. The van der Waals surface area contributed by atoms with Gasteiger partial charge in [-0.2, -0.15) is 0 Å². The molecule has 2 fully saturated rings. The quantitative estimate of drug-likeness (QED) is 0.419. The van der Waals surface area contributed by atoms with Crippen LogP contribution in [0.1, 0.15) is 12.8 Å². The highest BCUT2D eigenvalue weighted by molar-refractivity contribution is 5.92. The molecule has 9 heavy (non-hydrogen) atoms. The molecule has 1 atom stereocenters. The van der Waals surface area contributed by atoms with Crippen LogP contribution in [0.2, 0.25) is 0 Å². The summed E-state index contributed by atoms with van der Waals surface area (Å²) in [6.45, 7) is 1.85. The predicted octanol–water partition coefficient (Wildman–Crippen LogP) is -0.762. The van der Waals surface area contributed by atoms with E-state index in [0.717, 1.165) is 25.9 Å². The van der Waals surface area contributed by atoms with Gasteiger partial charge in [-0.25, -0.2) is 0 Å². The molecule has 0 bridgehead atoms. The standard InChI is InChI=1S/C6H10N2O/c9-5-6(4-7-5)2-1-3-8-6/h8H,1-4H2,(H,7,9). The van der Waals surface area contributed by atoms with Crippen LogP contribution >= 0.6 is 0 Å². The van der Waals surface area contributed by atoms with Crippen molar-refractivity contribution in [1.82, 2.24) is 10.6 Å². The van der Waals surface area contributed by atoms with E-state index in [0.29, 0.717) is 0 Å². The summed E-state index contributed by atoms with van der Waals surface area (Å²) in [5.41, 5.74) is -0.125. The summed E-state index contributed by atoms with van der Waals surface area (Å²) in [5, 5.41) is 5.95. The molecule has 2 aliphatic heterocycles. The number of carbonyl (C=O) groups excluding carboxylic acids is 1. The fourth-order valence-electron chi connectivity index (χ4n) is 1.52. The van der Waals surface area contributed by atoms with Gasteiger partial charge in [-0.05, 0) is 19.4 Å². The lowest BCUT2D eigenvalue weighted by molar-refractivity contribution is -0.134. The van der Waals surface area contributed by atoms with Gasteiger partial charge in [-0.15, -0.1) is 0 Å². The number of amides is 1. The Bertz CT molecular complexity index is 149. The van der Waals surface area contributed by atoms with E-state index in [9.17, 15) is 4.79 Å². The van der Waals surface area contributed by atoms with Crippen molar-refractivity contribution in [3.05, 3.63) is 0 Å². The van der Waals surface area contributed by atoms with Gasteiger partial charge in [0.1, 0.15) is 5.54 Å². The van der Waals surface area contributed by atoms with Crippen LogP contribution in [-0.4, -0.2) is 24.5 Å². The predicted molar refractivity (Wildman–Crippen MR) is 33.0 cm³/mol. The number of carbonyl (C=O) groups is 1. The van der Waals surface area contributed by atoms with Crippen LogP contribution in [0, 0.1) is 0 Å². The van der Waals surface area contributed by atoms with E-state index in [1.165, 1.54) is 0 Å². The van der Waals surface area contributed by atoms with E-state index in [-0.39, 0.29) is 11.4 Å². The van der Waals surface area contributed by atoms with Crippen LogP contribution in [0.25, 0.3) is 0 Å². The fraction of sp³-hybridized carbons (Fsp3) is 0.833. The molecule has 3 heteroatoms. The summed E-state index contributed by atoms with van der Waals surface area (Å²) >= 11 is 0. The van der Waals surface area contributed by atoms with Gasteiger partial charge in [0.15, 0.2) is 0 Å². The summed E-state index contributed by atoms with van der Waals surface area (Å²) in [6.07, 6.45) is 2.17. The highest BCUT2D eigenvalue weighted by atomic mass is 16.2. The lowest BCUT2D eigenvalue weighted by Gasteiger charge is -2.37. The molecule has 50 valence electrons. The van der Waals surface area contributed by atoms with E-state index in [4.69, 9.17) is 0 Å². The van der Waals surface area contributed by atoms with Crippen molar-refractivity contribution in [2.24, 2.45) is 0 Å². The lowest BCUT2D eigenvalue weighted by Crippen LogP contribution is -2.69. The van der Waals surface area contributed by atoms with Crippen LogP contribution in [0.15, 0.2) is 0 Å². The summed E-state index contributed by atoms with van der Waals surface area (Å²) in [7, 11) is 0. The van der Waals surface area contributed by atoms with Crippen molar-refractivity contribution in [2.45, 2.75) is 18.4 Å². The Balaban J connectivity index is 2.14. The molecule has 0 aromatic carbocycles. The molecule has 1 amide bonds. The molecule has 3 nitrogen and oxygen atoms in total. The second-order valence-electron chi connectivity index (χ2n) is 2.80. The molecule has 0 saturated carbocycles. The van der Waals surface area contributed by atoms with E-state index < -0.39 is 0 Å². The zero-order chi connectivity index (χ0) is 6.32. The Labute approximate surface area is 53.8 Å². The average molecular weight is 126 g/mol.